The van der Waals surface area contributed by atoms with Crippen LogP contribution in [0.4, 0.5) is 0 Å². The van der Waals surface area contributed by atoms with Crippen molar-refractivity contribution in [2.24, 2.45) is 0 Å². The first-order valence-electron chi connectivity index (χ1n) is 10.3. The fourth-order valence-electron chi connectivity index (χ4n) is 4.87. The Bertz CT molecular complexity index is 532. The van der Waals surface area contributed by atoms with Gasteiger partial charge in [-0.25, -0.2) is 0 Å². The summed E-state index contributed by atoms with van der Waals surface area (Å²) in [5, 5.41) is 4.25. The predicted molar refractivity (Wildman–Crippen MR) is 117 cm³/mol. The van der Waals surface area contributed by atoms with Gasteiger partial charge in [-0.15, -0.1) is 10.8 Å². The molecule has 0 nitrogen and oxygen atoms in total. The summed E-state index contributed by atoms with van der Waals surface area (Å²) in [6, 6.07) is 0. The SMILES string of the molecule is CC1([c-]2p3[c-](C4(C)CCCC4)p23)CCCC1.[CH]1[CH][CH][CH][CH]1.[CH]1[CH][CH][CH][CH]1.[Zr+2]. The summed E-state index contributed by atoms with van der Waals surface area (Å²) >= 11 is 0. The summed E-state index contributed by atoms with van der Waals surface area (Å²) < 4.78 is 0. The van der Waals surface area contributed by atoms with E-state index in [1.54, 1.807) is 0 Å². The number of fused-ring (bicyclic) bond motifs is 1. The molecule has 0 saturated heterocycles. The summed E-state index contributed by atoms with van der Waals surface area (Å²) in [5.41, 5.74) is 1.49. The first kappa shape index (κ1) is 22.9. The quantitative estimate of drug-likeness (QED) is 0.388. The number of rotatable bonds is 2. The molecular weight excluding hydrogens is 441 g/mol. The van der Waals surface area contributed by atoms with Crippen LogP contribution in [0.15, 0.2) is 0 Å². The molecule has 2 aromatic rings. The summed E-state index contributed by atoms with van der Waals surface area (Å²) in [6.45, 7) is 5.17. The van der Waals surface area contributed by atoms with Gasteiger partial charge in [0.2, 0.25) is 0 Å². The standard InChI is InChI=1S/C14H22P2.2C5H5.Zr/c1-13(7-3-4-8-13)11-15-12(16(11)15)14(2)9-5-6-10-14;2*1-2-4-5-3-1;/h3-10H2,1-2H3;2*1-5H;/q-2;;;+2. The molecule has 2 heterocycles. The van der Waals surface area contributed by atoms with Gasteiger partial charge in [-0.05, 0) is 64.2 Å². The maximum absolute atomic E-state index is 2.58. The molecule has 0 amide bonds. The molecule has 2 aromatic heterocycles. The second-order valence-corrected chi connectivity index (χ2v) is 14.9. The van der Waals surface area contributed by atoms with Gasteiger partial charge in [-0.3, -0.25) is 0 Å². The van der Waals surface area contributed by atoms with Crippen LogP contribution in [0.1, 0.15) is 75.3 Å². The van der Waals surface area contributed by atoms with Gasteiger partial charge in [0.1, 0.15) is 0 Å². The van der Waals surface area contributed by atoms with E-state index < -0.39 is 0 Å². The first-order valence-corrected chi connectivity index (χ1v) is 13.7. The second-order valence-electron chi connectivity index (χ2n) is 8.73. The average Bonchev–Trinajstić information content (AvgIpc) is 3.18. The Kier molecular flexibility index (Phi) is 8.50. The second kappa shape index (κ2) is 10.0. The van der Waals surface area contributed by atoms with Crippen molar-refractivity contribution in [1.29, 1.82) is 0 Å². The molecule has 0 atom stereocenters. The smallest absolute Gasteiger partial charge is 0.461 e. The molecule has 4 fully saturated rings. The van der Waals surface area contributed by atoms with Crippen LogP contribution in [0.25, 0.3) is 0 Å². The van der Waals surface area contributed by atoms with Gasteiger partial charge >= 0.3 is 26.2 Å². The first-order chi connectivity index (χ1) is 12.7. The van der Waals surface area contributed by atoms with E-state index in [0.717, 1.165) is 10.8 Å². The van der Waals surface area contributed by atoms with Crippen molar-refractivity contribution in [2.75, 3.05) is 0 Å². The predicted octanol–water partition coefficient (Wildman–Crippen LogP) is 7.99. The minimum atomic E-state index is 0. The van der Waals surface area contributed by atoms with Crippen molar-refractivity contribution in [1.82, 2.24) is 0 Å². The Balaban J connectivity index is 0.000000158. The van der Waals surface area contributed by atoms with Crippen LogP contribution in [-0.4, -0.2) is 0 Å². The maximum atomic E-state index is 2.58. The molecule has 10 radical (unpaired) electrons. The molecule has 3 heteroatoms. The van der Waals surface area contributed by atoms with Gasteiger partial charge in [0, 0.05) is 0 Å². The van der Waals surface area contributed by atoms with Gasteiger partial charge in [-0.1, -0.05) is 65.2 Å². The number of hydrogen-bond acceptors (Lipinski definition) is 0. The molecule has 0 aromatic carbocycles. The zero-order valence-corrected chi connectivity index (χ0v) is 21.1. The van der Waals surface area contributed by atoms with Gasteiger partial charge in [0.15, 0.2) is 0 Å². The topological polar surface area (TPSA) is 0 Å². The average molecular weight is 474 g/mol. The van der Waals surface area contributed by atoms with Crippen molar-refractivity contribution in [2.45, 2.75) is 76.0 Å². The molecule has 0 unspecified atom stereocenters. The third kappa shape index (κ3) is 5.29. The summed E-state index contributed by atoms with van der Waals surface area (Å²) in [4.78, 5) is 0. The molecule has 4 aliphatic carbocycles. The fraction of sp³-hybridized carbons (Fsp3) is 0.500. The van der Waals surface area contributed by atoms with E-state index in [-0.39, 0.29) is 26.2 Å². The largest absolute Gasteiger partial charge is 2.00 e. The van der Waals surface area contributed by atoms with E-state index in [2.05, 4.69) is 23.9 Å². The molecule has 6 rings (SSSR count). The van der Waals surface area contributed by atoms with Crippen molar-refractivity contribution < 1.29 is 26.2 Å². The Labute approximate surface area is 189 Å². The van der Waals surface area contributed by atoms with Crippen LogP contribution in [0.2, 0.25) is 0 Å². The molecule has 0 spiro atoms. The molecule has 27 heavy (non-hydrogen) atoms. The van der Waals surface area contributed by atoms with E-state index in [0.29, 0.717) is 14.0 Å². The fourth-order valence-corrected chi connectivity index (χ4v) is 15.5. The van der Waals surface area contributed by atoms with E-state index in [4.69, 9.17) is 0 Å². The van der Waals surface area contributed by atoms with Crippen LogP contribution in [0.5, 0.6) is 0 Å². The summed E-state index contributed by atoms with van der Waals surface area (Å²) in [6.07, 6.45) is 32.2. The molecule has 4 aliphatic rings. The Morgan fingerprint density at radius 1 is 0.519 bits per heavy atom. The Hall–Kier alpha value is 1.22. The third-order valence-electron chi connectivity index (χ3n) is 6.53. The van der Waals surface area contributed by atoms with Crippen molar-refractivity contribution in [3.8, 4) is 0 Å². The summed E-state index contributed by atoms with van der Waals surface area (Å²) in [5.74, 6) is 0. The van der Waals surface area contributed by atoms with Crippen molar-refractivity contribution in [3.05, 3.63) is 74.3 Å². The van der Waals surface area contributed by atoms with Crippen LogP contribution < -0.4 is 0 Å². The van der Waals surface area contributed by atoms with E-state index in [1.165, 1.54) is 51.4 Å². The van der Waals surface area contributed by atoms with E-state index in [9.17, 15) is 0 Å². The van der Waals surface area contributed by atoms with Crippen molar-refractivity contribution in [3.63, 3.8) is 0 Å². The van der Waals surface area contributed by atoms with Crippen LogP contribution in [0, 0.1) is 64.2 Å². The third-order valence-corrected chi connectivity index (χ3v) is 14.7. The zero-order chi connectivity index (χ0) is 18.0. The molecule has 142 valence electrons. The summed E-state index contributed by atoms with van der Waals surface area (Å²) in [7, 11) is 0.897. The van der Waals surface area contributed by atoms with Crippen molar-refractivity contribution >= 4 is 14.0 Å². The maximum Gasteiger partial charge on any atom is 2.00 e. The molecule has 0 N–H and O–H groups in total. The van der Waals surface area contributed by atoms with Gasteiger partial charge in [0.25, 0.3) is 0 Å². The van der Waals surface area contributed by atoms with Gasteiger partial charge in [0.05, 0.1) is 0 Å². The monoisotopic (exact) mass is 472 g/mol. The Morgan fingerprint density at radius 3 is 0.963 bits per heavy atom. The van der Waals surface area contributed by atoms with Gasteiger partial charge < -0.3 is 24.1 Å². The number of hydrogen-bond donors (Lipinski definition) is 0. The van der Waals surface area contributed by atoms with E-state index in [1.807, 2.05) is 64.2 Å². The minimum Gasteiger partial charge on any atom is -0.461 e. The van der Waals surface area contributed by atoms with Crippen LogP contribution >= 0.6 is 14.0 Å². The normalized spacial score (nSPS) is 27.3. The molecular formula is C24H32P2Zr. The van der Waals surface area contributed by atoms with Crippen LogP contribution in [0.3, 0.4) is 0 Å². The Morgan fingerprint density at radius 2 is 0.741 bits per heavy atom. The van der Waals surface area contributed by atoms with Crippen LogP contribution in [-0.2, 0) is 37.0 Å². The minimum absolute atomic E-state index is 0. The van der Waals surface area contributed by atoms with Gasteiger partial charge in [-0.2, -0.15) is 0 Å². The molecule has 0 aliphatic heterocycles. The molecule has 4 saturated carbocycles. The van der Waals surface area contributed by atoms with E-state index >= 15 is 0 Å². The molecule has 0 bridgehead atoms. The zero-order valence-electron chi connectivity index (χ0n) is 16.8.